The number of rotatable bonds is 2. The highest BCUT2D eigenvalue weighted by Crippen LogP contribution is 2.39. The van der Waals surface area contributed by atoms with Crippen LogP contribution in [0.15, 0.2) is 12.1 Å². The normalized spacial score (nSPS) is 19.9. The fraction of sp³-hybridized carbons (Fsp3) is 0.429. The molecule has 0 spiro atoms. The zero-order valence-corrected chi connectivity index (χ0v) is 12.6. The van der Waals surface area contributed by atoms with Gasteiger partial charge in [-0.1, -0.05) is 11.6 Å². The predicted octanol–water partition coefficient (Wildman–Crippen LogP) is 1.80. The van der Waals surface area contributed by atoms with E-state index in [0.29, 0.717) is 41.7 Å². The maximum Gasteiger partial charge on any atom is 0.321 e. The zero-order chi connectivity index (χ0) is 15.7. The lowest BCUT2D eigenvalue weighted by Crippen LogP contribution is -2.45. The molecule has 1 saturated heterocycles. The van der Waals surface area contributed by atoms with Crippen molar-refractivity contribution in [3.05, 3.63) is 17.2 Å². The van der Waals surface area contributed by atoms with Gasteiger partial charge < -0.3 is 25.4 Å². The largest absolute Gasteiger partial charge is 0.454 e. The second kappa shape index (κ2) is 5.92. The van der Waals surface area contributed by atoms with Gasteiger partial charge in [-0.3, -0.25) is 4.79 Å². The van der Waals surface area contributed by atoms with Crippen LogP contribution < -0.4 is 20.5 Å². The van der Waals surface area contributed by atoms with Crippen LogP contribution in [0.4, 0.5) is 10.5 Å². The minimum absolute atomic E-state index is 0.134. The van der Waals surface area contributed by atoms with E-state index < -0.39 is 0 Å². The number of nitrogens with two attached hydrogens (primary N) is 1. The molecule has 2 aliphatic heterocycles. The van der Waals surface area contributed by atoms with E-state index in [9.17, 15) is 9.59 Å². The Kier molecular flexibility index (Phi) is 3.98. The number of urea groups is 1. The van der Waals surface area contributed by atoms with Gasteiger partial charge in [0.15, 0.2) is 11.5 Å². The molecule has 0 aliphatic carbocycles. The van der Waals surface area contributed by atoms with E-state index in [1.54, 1.807) is 17.0 Å². The van der Waals surface area contributed by atoms with Crippen LogP contribution in [0.5, 0.6) is 11.5 Å². The van der Waals surface area contributed by atoms with E-state index in [-0.39, 0.29) is 24.6 Å². The Hall–Kier alpha value is -2.15. The van der Waals surface area contributed by atoms with Crippen molar-refractivity contribution in [3.63, 3.8) is 0 Å². The van der Waals surface area contributed by atoms with Crippen LogP contribution >= 0.6 is 11.6 Å². The first-order chi connectivity index (χ1) is 10.5. The van der Waals surface area contributed by atoms with Gasteiger partial charge in [-0.25, -0.2) is 4.79 Å². The minimum Gasteiger partial charge on any atom is -0.454 e. The molecule has 118 valence electrons. The lowest BCUT2D eigenvalue weighted by Gasteiger charge is -2.31. The second-order valence-electron chi connectivity index (χ2n) is 5.30. The summed E-state index contributed by atoms with van der Waals surface area (Å²) in [6.45, 7) is 1.04. The average Bonchev–Trinajstić information content (AvgIpc) is 2.94. The number of carbonyl (C=O) groups is 2. The molecule has 1 aromatic rings. The lowest BCUT2D eigenvalue weighted by atomic mass is 9.98. The van der Waals surface area contributed by atoms with Crippen LogP contribution in [-0.4, -0.2) is 36.7 Å². The number of primary amides is 1. The molecule has 0 bridgehead atoms. The fourth-order valence-corrected chi connectivity index (χ4v) is 2.80. The first-order valence-corrected chi connectivity index (χ1v) is 7.37. The van der Waals surface area contributed by atoms with Gasteiger partial charge in [0.1, 0.15) is 0 Å². The summed E-state index contributed by atoms with van der Waals surface area (Å²) in [5.74, 6) is 0.411. The number of halogens is 1. The number of hydrogen-bond donors (Lipinski definition) is 2. The van der Waals surface area contributed by atoms with Crippen molar-refractivity contribution in [1.82, 2.24) is 4.90 Å². The number of nitrogens with one attached hydrogen (secondary N) is 1. The second-order valence-corrected chi connectivity index (χ2v) is 5.71. The lowest BCUT2D eigenvalue weighted by molar-refractivity contribution is -0.123. The van der Waals surface area contributed by atoms with Crippen molar-refractivity contribution in [1.29, 1.82) is 0 Å². The monoisotopic (exact) mass is 325 g/mol. The van der Waals surface area contributed by atoms with Crippen LogP contribution in [-0.2, 0) is 4.79 Å². The van der Waals surface area contributed by atoms with Crippen molar-refractivity contribution < 1.29 is 19.1 Å². The topological polar surface area (TPSA) is 93.9 Å². The quantitative estimate of drug-likeness (QED) is 0.867. The van der Waals surface area contributed by atoms with Gasteiger partial charge in [0.2, 0.25) is 12.7 Å². The van der Waals surface area contributed by atoms with Gasteiger partial charge in [-0.15, -0.1) is 0 Å². The average molecular weight is 326 g/mol. The Morgan fingerprint density at radius 1 is 1.32 bits per heavy atom. The Bertz CT molecular complexity index is 622. The van der Waals surface area contributed by atoms with E-state index in [1.165, 1.54) is 0 Å². The van der Waals surface area contributed by atoms with Crippen LogP contribution in [0.25, 0.3) is 0 Å². The number of carbonyl (C=O) groups excluding carboxylic acids is 2. The summed E-state index contributed by atoms with van der Waals surface area (Å²) in [6, 6.07) is 2.91. The summed E-state index contributed by atoms with van der Waals surface area (Å²) < 4.78 is 10.5. The molecule has 2 aliphatic rings. The molecule has 0 unspecified atom stereocenters. The highest BCUT2D eigenvalue weighted by molar-refractivity contribution is 6.34. The summed E-state index contributed by atoms with van der Waals surface area (Å²) in [4.78, 5) is 25.2. The Labute approximate surface area is 132 Å². The van der Waals surface area contributed by atoms with Crippen LogP contribution in [0.3, 0.4) is 0 Å². The van der Waals surface area contributed by atoms with Crippen LogP contribution in [0, 0.1) is 5.92 Å². The maximum absolute atomic E-state index is 12.3. The number of fused-ring (bicyclic) bond motifs is 1. The van der Waals surface area contributed by atoms with Crippen LogP contribution in [0.2, 0.25) is 5.02 Å². The number of hydrogen-bond acceptors (Lipinski definition) is 4. The first-order valence-electron chi connectivity index (χ1n) is 6.99. The molecule has 22 heavy (non-hydrogen) atoms. The standard InChI is InChI=1S/C14H16ClN3O4/c15-9-4-11-12(22-7-21-11)5-10(9)17-14(20)18-3-1-2-8(6-18)13(16)19/h4-5,8H,1-3,6-7H2,(H2,16,19)(H,17,20)/t8-/m0/s1. The molecule has 0 aromatic heterocycles. The van der Waals surface area contributed by atoms with Crippen LogP contribution in [0.1, 0.15) is 12.8 Å². The number of anilines is 1. The molecule has 1 aromatic carbocycles. The van der Waals surface area contributed by atoms with E-state index >= 15 is 0 Å². The van der Waals surface area contributed by atoms with Crippen molar-refractivity contribution >= 4 is 29.2 Å². The number of ether oxygens (including phenoxy) is 2. The Morgan fingerprint density at radius 3 is 2.77 bits per heavy atom. The molecule has 1 fully saturated rings. The fourth-order valence-electron chi connectivity index (χ4n) is 2.60. The molecule has 0 saturated carbocycles. The summed E-state index contributed by atoms with van der Waals surface area (Å²) in [6.07, 6.45) is 1.46. The number of likely N-dealkylation sites (tertiary alicyclic amines) is 1. The van der Waals surface area contributed by atoms with Crippen molar-refractivity contribution in [3.8, 4) is 11.5 Å². The van der Waals surface area contributed by atoms with Crippen molar-refractivity contribution in [2.75, 3.05) is 25.2 Å². The molecular weight excluding hydrogens is 310 g/mol. The van der Waals surface area contributed by atoms with E-state index in [4.69, 9.17) is 26.8 Å². The minimum atomic E-state index is -0.376. The summed E-state index contributed by atoms with van der Waals surface area (Å²) in [5, 5.41) is 3.10. The van der Waals surface area contributed by atoms with Gasteiger partial charge >= 0.3 is 6.03 Å². The third-order valence-corrected chi connectivity index (χ3v) is 4.13. The molecular formula is C14H16ClN3O4. The maximum atomic E-state index is 12.3. The van der Waals surface area contributed by atoms with Gasteiger partial charge in [0.25, 0.3) is 0 Å². The molecule has 1 atom stereocenters. The molecule has 3 amide bonds. The third-order valence-electron chi connectivity index (χ3n) is 3.81. The zero-order valence-electron chi connectivity index (χ0n) is 11.8. The molecule has 3 N–H and O–H groups in total. The Balaban J connectivity index is 1.70. The number of benzene rings is 1. The summed E-state index contributed by atoms with van der Waals surface area (Å²) in [5.41, 5.74) is 5.76. The number of amides is 3. The van der Waals surface area contributed by atoms with Gasteiger partial charge in [-0.05, 0) is 12.8 Å². The molecule has 7 nitrogen and oxygen atoms in total. The summed E-state index contributed by atoms with van der Waals surface area (Å²) in [7, 11) is 0. The van der Waals surface area contributed by atoms with E-state index in [2.05, 4.69) is 5.32 Å². The smallest absolute Gasteiger partial charge is 0.321 e. The SMILES string of the molecule is NC(=O)[C@H]1CCCN(C(=O)Nc2cc3c(cc2Cl)OCO3)C1. The molecule has 8 heteroatoms. The van der Waals surface area contributed by atoms with Gasteiger partial charge in [0, 0.05) is 25.2 Å². The van der Waals surface area contributed by atoms with Gasteiger partial charge in [0.05, 0.1) is 16.6 Å². The highest BCUT2D eigenvalue weighted by atomic mass is 35.5. The molecule has 0 radical (unpaired) electrons. The van der Waals surface area contributed by atoms with E-state index in [1.807, 2.05) is 0 Å². The van der Waals surface area contributed by atoms with Crippen molar-refractivity contribution in [2.45, 2.75) is 12.8 Å². The first kappa shape index (κ1) is 14.8. The number of nitrogens with zero attached hydrogens (tertiary/aromatic N) is 1. The predicted molar refractivity (Wildman–Crippen MR) is 80.1 cm³/mol. The summed E-state index contributed by atoms with van der Waals surface area (Å²) >= 11 is 6.13. The highest BCUT2D eigenvalue weighted by Gasteiger charge is 2.27. The Morgan fingerprint density at radius 2 is 2.05 bits per heavy atom. The van der Waals surface area contributed by atoms with Gasteiger partial charge in [-0.2, -0.15) is 0 Å². The molecule has 2 heterocycles. The number of piperidine rings is 1. The molecule has 3 rings (SSSR count). The van der Waals surface area contributed by atoms with Crippen molar-refractivity contribution in [2.24, 2.45) is 11.7 Å². The third kappa shape index (κ3) is 2.89. The van der Waals surface area contributed by atoms with E-state index in [0.717, 1.165) is 6.42 Å².